The summed E-state index contributed by atoms with van der Waals surface area (Å²) in [6.45, 7) is 4.37. The van der Waals surface area contributed by atoms with E-state index in [0.29, 0.717) is 12.5 Å². The number of nitrogens with one attached hydrogen (secondary N) is 2. The lowest BCUT2D eigenvalue weighted by atomic mass is 9.94. The third kappa shape index (κ3) is 3.54. The number of hydrogen-bond acceptors (Lipinski definition) is 3. The molecule has 1 aliphatic rings. The fraction of sp³-hybridized carbons (Fsp3) is 0.412. The molecule has 0 atom stereocenters. The molecule has 0 unspecified atom stereocenters. The molecule has 1 aliphatic heterocycles. The molecule has 22 heavy (non-hydrogen) atoms. The summed E-state index contributed by atoms with van der Waals surface area (Å²) in [5.74, 6) is 0.604. The van der Waals surface area contributed by atoms with Crippen LogP contribution in [0.25, 0.3) is 0 Å². The molecule has 2 aromatic rings. The zero-order chi connectivity index (χ0) is 15.4. The first-order valence-corrected chi connectivity index (χ1v) is 7.79. The lowest BCUT2D eigenvalue weighted by molar-refractivity contribution is -0.117. The molecule has 116 valence electrons. The third-order valence-corrected chi connectivity index (χ3v) is 4.34. The number of aryl methyl sites for hydroxylation is 1. The van der Waals surface area contributed by atoms with Gasteiger partial charge in [0.25, 0.3) is 0 Å². The van der Waals surface area contributed by atoms with Crippen molar-refractivity contribution in [2.24, 2.45) is 0 Å². The molecule has 2 N–H and O–H groups in total. The van der Waals surface area contributed by atoms with Gasteiger partial charge in [0, 0.05) is 23.5 Å². The molecule has 0 saturated carbocycles. The summed E-state index contributed by atoms with van der Waals surface area (Å²) in [6, 6.07) is 9.91. The number of benzene rings is 1. The van der Waals surface area contributed by atoms with Crippen LogP contribution in [0.3, 0.4) is 0 Å². The smallest absolute Gasteiger partial charge is 0.238 e. The lowest BCUT2D eigenvalue weighted by Gasteiger charge is -2.30. The van der Waals surface area contributed by atoms with Gasteiger partial charge in [0.1, 0.15) is 0 Å². The molecular weight excluding hydrogens is 276 g/mol. The van der Waals surface area contributed by atoms with E-state index in [2.05, 4.69) is 20.4 Å². The number of carbonyl (C=O) groups excluding carboxylic acids is 1. The standard InChI is InChI=1S/C17H22N4O/c1-13-4-2-3-5-15(13)19-17(22)12-21-10-7-14(8-11-21)16-6-9-18-20-16/h2-6,9,14H,7-8,10-12H2,1H3,(H,18,20)(H,19,22). The number of piperidine rings is 1. The van der Waals surface area contributed by atoms with Crippen LogP contribution in [0.1, 0.15) is 30.0 Å². The number of anilines is 1. The van der Waals surface area contributed by atoms with Crippen molar-refractivity contribution in [2.45, 2.75) is 25.7 Å². The van der Waals surface area contributed by atoms with Gasteiger partial charge in [-0.05, 0) is 50.6 Å². The summed E-state index contributed by atoms with van der Waals surface area (Å²) < 4.78 is 0. The summed E-state index contributed by atoms with van der Waals surface area (Å²) in [6.07, 6.45) is 3.94. The van der Waals surface area contributed by atoms with Crippen molar-refractivity contribution in [3.63, 3.8) is 0 Å². The number of aromatic nitrogens is 2. The molecule has 0 radical (unpaired) electrons. The van der Waals surface area contributed by atoms with E-state index in [1.54, 1.807) is 6.20 Å². The number of aromatic amines is 1. The van der Waals surface area contributed by atoms with Crippen LogP contribution >= 0.6 is 0 Å². The van der Waals surface area contributed by atoms with Gasteiger partial charge in [0.05, 0.1) is 6.54 Å². The Balaban J connectivity index is 1.48. The Bertz CT molecular complexity index is 615. The number of amides is 1. The van der Waals surface area contributed by atoms with E-state index >= 15 is 0 Å². The van der Waals surface area contributed by atoms with Crippen LogP contribution in [-0.4, -0.2) is 40.6 Å². The quantitative estimate of drug-likeness (QED) is 0.912. The molecule has 0 spiro atoms. The molecule has 1 fully saturated rings. The van der Waals surface area contributed by atoms with Crippen molar-refractivity contribution >= 4 is 11.6 Å². The predicted octanol–water partition coefficient (Wildman–Crippen LogP) is 2.54. The first kappa shape index (κ1) is 14.8. The molecule has 0 aliphatic carbocycles. The SMILES string of the molecule is Cc1ccccc1NC(=O)CN1CCC(c2ccn[nH]2)CC1. The van der Waals surface area contributed by atoms with Gasteiger partial charge in [0.2, 0.25) is 5.91 Å². The second-order valence-corrected chi connectivity index (χ2v) is 5.93. The number of H-pyrrole nitrogens is 1. The number of rotatable bonds is 4. The maximum atomic E-state index is 12.2. The molecule has 3 rings (SSSR count). The van der Waals surface area contributed by atoms with E-state index < -0.39 is 0 Å². The second-order valence-electron chi connectivity index (χ2n) is 5.93. The molecule has 5 nitrogen and oxygen atoms in total. The number of likely N-dealkylation sites (tertiary alicyclic amines) is 1. The predicted molar refractivity (Wildman–Crippen MR) is 86.8 cm³/mol. The molecular formula is C17H22N4O. The first-order chi connectivity index (χ1) is 10.7. The summed E-state index contributed by atoms with van der Waals surface area (Å²) in [5, 5.41) is 10.1. The average Bonchev–Trinajstić information content (AvgIpc) is 3.05. The van der Waals surface area contributed by atoms with Crippen molar-refractivity contribution in [1.82, 2.24) is 15.1 Å². The number of para-hydroxylation sites is 1. The van der Waals surface area contributed by atoms with Gasteiger partial charge in [-0.3, -0.25) is 14.8 Å². The number of nitrogens with zero attached hydrogens (tertiary/aromatic N) is 2. The van der Waals surface area contributed by atoms with E-state index in [4.69, 9.17) is 0 Å². The van der Waals surface area contributed by atoms with Gasteiger partial charge in [-0.1, -0.05) is 18.2 Å². The fourth-order valence-electron chi connectivity index (χ4n) is 3.00. The van der Waals surface area contributed by atoms with Crippen LogP contribution in [-0.2, 0) is 4.79 Å². The lowest BCUT2D eigenvalue weighted by Crippen LogP contribution is -2.38. The summed E-state index contributed by atoms with van der Waals surface area (Å²) in [4.78, 5) is 14.4. The van der Waals surface area contributed by atoms with Gasteiger partial charge < -0.3 is 5.32 Å². The second kappa shape index (κ2) is 6.75. The van der Waals surface area contributed by atoms with Crippen LogP contribution in [0.2, 0.25) is 0 Å². The number of carbonyl (C=O) groups is 1. The first-order valence-electron chi connectivity index (χ1n) is 7.79. The summed E-state index contributed by atoms with van der Waals surface area (Å²) >= 11 is 0. The van der Waals surface area contributed by atoms with Crippen molar-refractivity contribution in [1.29, 1.82) is 0 Å². The van der Waals surface area contributed by atoms with Crippen molar-refractivity contribution < 1.29 is 4.79 Å². The Labute approximate surface area is 130 Å². The maximum Gasteiger partial charge on any atom is 0.238 e. The van der Waals surface area contributed by atoms with E-state index in [1.165, 1.54) is 5.69 Å². The zero-order valence-corrected chi connectivity index (χ0v) is 12.9. The minimum absolute atomic E-state index is 0.0642. The minimum Gasteiger partial charge on any atom is -0.325 e. The summed E-state index contributed by atoms with van der Waals surface area (Å²) in [7, 11) is 0. The molecule has 1 saturated heterocycles. The van der Waals surface area contributed by atoms with Gasteiger partial charge >= 0.3 is 0 Å². The van der Waals surface area contributed by atoms with E-state index in [0.717, 1.165) is 37.2 Å². The van der Waals surface area contributed by atoms with Crippen molar-refractivity contribution in [2.75, 3.05) is 25.0 Å². The molecule has 5 heteroatoms. The van der Waals surface area contributed by atoms with Crippen LogP contribution in [0.4, 0.5) is 5.69 Å². The van der Waals surface area contributed by atoms with Gasteiger partial charge in [0.15, 0.2) is 0 Å². The monoisotopic (exact) mass is 298 g/mol. The Morgan fingerprint density at radius 2 is 2.09 bits per heavy atom. The highest BCUT2D eigenvalue weighted by Gasteiger charge is 2.22. The molecule has 1 amide bonds. The zero-order valence-electron chi connectivity index (χ0n) is 12.9. The topological polar surface area (TPSA) is 61.0 Å². The molecule has 1 aromatic carbocycles. The maximum absolute atomic E-state index is 12.2. The Hall–Kier alpha value is -2.14. The van der Waals surface area contributed by atoms with Crippen molar-refractivity contribution in [3.05, 3.63) is 47.8 Å². The highest BCUT2D eigenvalue weighted by molar-refractivity contribution is 5.92. The van der Waals surface area contributed by atoms with Gasteiger partial charge in [-0.2, -0.15) is 5.10 Å². The highest BCUT2D eigenvalue weighted by atomic mass is 16.2. The van der Waals surface area contributed by atoms with Crippen molar-refractivity contribution in [3.8, 4) is 0 Å². The van der Waals surface area contributed by atoms with E-state index in [-0.39, 0.29) is 5.91 Å². The molecule has 0 bridgehead atoms. The van der Waals surface area contributed by atoms with Gasteiger partial charge in [-0.15, -0.1) is 0 Å². The van der Waals surface area contributed by atoms with Crippen LogP contribution in [0.15, 0.2) is 36.5 Å². The molecule has 2 heterocycles. The highest BCUT2D eigenvalue weighted by Crippen LogP contribution is 2.26. The van der Waals surface area contributed by atoms with Crippen LogP contribution in [0.5, 0.6) is 0 Å². The number of hydrogen-bond donors (Lipinski definition) is 2. The largest absolute Gasteiger partial charge is 0.325 e. The Morgan fingerprint density at radius 3 is 2.77 bits per heavy atom. The normalized spacial score (nSPS) is 16.6. The Kier molecular flexibility index (Phi) is 4.53. The third-order valence-electron chi connectivity index (χ3n) is 4.34. The molecule has 1 aromatic heterocycles. The van der Waals surface area contributed by atoms with E-state index in [1.807, 2.05) is 37.3 Å². The van der Waals surface area contributed by atoms with Crippen LogP contribution in [0, 0.1) is 6.92 Å². The van der Waals surface area contributed by atoms with Gasteiger partial charge in [-0.25, -0.2) is 0 Å². The minimum atomic E-state index is 0.0642. The van der Waals surface area contributed by atoms with Crippen LogP contribution < -0.4 is 5.32 Å². The Morgan fingerprint density at radius 1 is 1.32 bits per heavy atom. The fourth-order valence-corrected chi connectivity index (χ4v) is 3.00. The van der Waals surface area contributed by atoms with E-state index in [9.17, 15) is 4.79 Å². The summed E-state index contributed by atoms with van der Waals surface area (Å²) in [5.41, 5.74) is 3.21. The average molecular weight is 298 g/mol.